The van der Waals surface area contributed by atoms with Crippen molar-refractivity contribution in [1.29, 1.82) is 0 Å². The Bertz CT molecular complexity index is 417. The van der Waals surface area contributed by atoms with E-state index in [9.17, 15) is 0 Å². The summed E-state index contributed by atoms with van der Waals surface area (Å²) in [5.41, 5.74) is 8.46. The monoisotopic (exact) mass is 239 g/mol. The zero-order valence-electron chi connectivity index (χ0n) is 9.63. The van der Waals surface area contributed by atoms with E-state index in [1.54, 1.807) is 0 Å². The molecule has 1 unspecified atom stereocenters. The van der Waals surface area contributed by atoms with Gasteiger partial charge < -0.3 is 5.73 Å². The first-order valence-corrected chi connectivity index (χ1v) is 6.83. The summed E-state index contributed by atoms with van der Waals surface area (Å²) in [6.45, 7) is 8.90. The maximum absolute atomic E-state index is 6.08. The average molecular weight is 239 g/mol. The van der Waals surface area contributed by atoms with Crippen molar-refractivity contribution in [2.24, 2.45) is 11.1 Å². The summed E-state index contributed by atoms with van der Waals surface area (Å²) in [7, 11) is 0. The Kier molecular flexibility index (Phi) is 2.43. The van der Waals surface area contributed by atoms with Crippen LogP contribution in [-0.2, 0) is 4.75 Å². The largest absolute Gasteiger partial charge is 0.401 e. The molecule has 0 fully saturated rings. The van der Waals surface area contributed by atoms with Crippen molar-refractivity contribution < 1.29 is 0 Å². The maximum atomic E-state index is 6.08. The van der Waals surface area contributed by atoms with Crippen molar-refractivity contribution in [2.75, 3.05) is 0 Å². The van der Waals surface area contributed by atoms with Gasteiger partial charge in [0.15, 0.2) is 0 Å². The Balaban J connectivity index is 2.46. The van der Waals surface area contributed by atoms with E-state index in [0.717, 1.165) is 5.70 Å². The lowest BCUT2D eigenvalue weighted by Crippen LogP contribution is -2.35. The van der Waals surface area contributed by atoms with Crippen LogP contribution in [0.3, 0.4) is 0 Å². The van der Waals surface area contributed by atoms with E-state index in [-0.39, 0.29) is 10.2 Å². The summed E-state index contributed by atoms with van der Waals surface area (Å²) in [4.78, 5) is 1.42. The molecule has 0 bridgehead atoms. The summed E-state index contributed by atoms with van der Waals surface area (Å²) >= 11 is 3.69. The number of hydrogen-bond acceptors (Lipinski definition) is 3. The van der Waals surface area contributed by atoms with Crippen molar-refractivity contribution in [1.82, 2.24) is 0 Å². The minimum Gasteiger partial charge on any atom is -0.401 e. The lowest BCUT2D eigenvalue weighted by atomic mass is 9.76. The summed E-state index contributed by atoms with van der Waals surface area (Å²) in [5, 5.41) is 4.32. The summed E-state index contributed by atoms with van der Waals surface area (Å²) in [5.74, 6) is 0. The number of hydrogen-bond donors (Lipinski definition) is 1. The maximum Gasteiger partial charge on any atom is 0.0620 e. The highest BCUT2D eigenvalue weighted by molar-refractivity contribution is 8.03. The molecule has 2 N–H and O–H groups in total. The number of nitrogens with two attached hydrogens (primary N) is 1. The van der Waals surface area contributed by atoms with E-state index in [2.05, 4.69) is 44.5 Å². The first-order valence-electron chi connectivity index (χ1n) is 5.07. The first kappa shape index (κ1) is 11.1. The standard InChI is InChI=1S/C12H17NS2/c1-8-5-10(14-6-8)12(4)11(2,3)9(13)7-15-12/h5-7H,13H2,1-4H3. The van der Waals surface area contributed by atoms with Gasteiger partial charge in [-0.25, -0.2) is 0 Å². The molecule has 0 aliphatic carbocycles. The lowest BCUT2D eigenvalue weighted by molar-refractivity contribution is 0.342. The van der Waals surface area contributed by atoms with Gasteiger partial charge in [0.05, 0.1) is 4.75 Å². The van der Waals surface area contributed by atoms with Crippen molar-refractivity contribution in [3.63, 3.8) is 0 Å². The molecule has 0 saturated heterocycles. The molecule has 2 heterocycles. The first-order chi connectivity index (χ1) is 6.88. The van der Waals surface area contributed by atoms with E-state index in [0.29, 0.717) is 0 Å². The minimum atomic E-state index is 0.0367. The molecule has 1 aromatic heterocycles. The fourth-order valence-corrected chi connectivity index (χ4v) is 4.45. The third-order valence-corrected chi connectivity index (χ3v) is 6.51. The average Bonchev–Trinajstić information content (AvgIpc) is 2.66. The number of allylic oxidation sites excluding steroid dienone is 1. The van der Waals surface area contributed by atoms with Crippen LogP contribution in [0, 0.1) is 12.3 Å². The van der Waals surface area contributed by atoms with E-state index >= 15 is 0 Å². The van der Waals surface area contributed by atoms with Crippen molar-refractivity contribution >= 4 is 23.1 Å². The topological polar surface area (TPSA) is 26.0 Å². The van der Waals surface area contributed by atoms with Crippen molar-refractivity contribution in [3.05, 3.63) is 33.0 Å². The van der Waals surface area contributed by atoms with Crippen LogP contribution in [0.5, 0.6) is 0 Å². The smallest absolute Gasteiger partial charge is 0.0620 e. The van der Waals surface area contributed by atoms with Crippen LogP contribution >= 0.6 is 23.1 Å². The molecule has 1 atom stereocenters. The molecule has 0 saturated carbocycles. The van der Waals surface area contributed by atoms with Crippen LogP contribution in [-0.4, -0.2) is 0 Å². The van der Waals surface area contributed by atoms with E-state index in [1.807, 2.05) is 23.1 Å². The fraction of sp³-hybridized carbons (Fsp3) is 0.500. The molecule has 2 rings (SSSR count). The third-order valence-electron chi connectivity index (χ3n) is 3.54. The Morgan fingerprint density at radius 2 is 1.93 bits per heavy atom. The second kappa shape index (κ2) is 3.29. The predicted octanol–water partition coefficient (Wildman–Crippen LogP) is 3.84. The Morgan fingerprint density at radius 1 is 1.27 bits per heavy atom. The molecule has 0 aromatic carbocycles. The Morgan fingerprint density at radius 3 is 2.33 bits per heavy atom. The van der Waals surface area contributed by atoms with Crippen molar-refractivity contribution in [2.45, 2.75) is 32.4 Å². The quantitative estimate of drug-likeness (QED) is 0.805. The molecule has 1 aliphatic heterocycles. The number of rotatable bonds is 1. The molecule has 0 spiro atoms. The molecule has 82 valence electrons. The van der Waals surface area contributed by atoms with Gasteiger partial charge in [-0.05, 0) is 36.3 Å². The molecule has 1 nitrogen and oxygen atoms in total. The van der Waals surface area contributed by atoms with Gasteiger partial charge >= 0.3 is 0 Å². The molecular formula is C12H17NS2. The van der Waals surface area contributed by atoms with Gasteiger partial charge in [-0.2, -0.15) is 0 Å². The fourth-order valence-electron chi connectivity index (χ4n) is 1.80. The van der Waals surface area contributed by atoms with Crippen LogP contribution in [0.25, 0.3) is 0 Å². The molecule has 0 radical (unpaired) electrons. The molecule has 1 aromatic rings. The zero-order chi connectivity index (χ0) is 11.3. The summed E-state index contributed by atoms with van der Waals surface area (Å²) < 4.78 is 0.0933. The van der Waals surface area contributed by atoms with Gasteiger partial charge in [0, 0.05) is 16.0 Å². The second-order valence-electron chi connectivity index (χ2n) is 4.84. The normalized spacial score (nSPS) is 29.2. The minimum absolute atomic E-state index is 0.0367. The van der Waals surface area contributed by atoms with Gasteiger partial charge in [-0.3, -0.25) is 0 Å². The molecule has 15 heavy (non-hydrogen) atoms. The van der Waals surface area contributed by atoms with Gasteiger partial charge in [-0.15, -0.1) is 23.1 Å². The van der Waals surface area contributed by atoms with Crippen molar-refractivity contribution in [3.8, 4) is 0 Å². The second-order valence-corrected chi connectivity index (χ2v) is 7.04. The molecular weight excluding hydrogens is 222 g/mol. The highest BCUT2D eigenvalue weighted by Crippen LogP contribution is 2.59. The van der Waals surface area contributed by atoms with Crippen LogP contribution < -0.4 is 5.73 Å². The summed E-state index contributed by atoms with van der Waals surface area (Å²) in [6, 6.07) is 2.28. The van der Waals surface area contributed by atoms with Crippen LogP contribution in [0.4, 0.5) is 0 Å². The highest BCUT2D eigenvalue weighted by Gasteiger charge is 2.49. The van der Waals surface area contributed by atoms with E-state index < -0.39 is 0 Å². The van der Waals surface area contributed by atoms with Crippen LogP contribution in [0.15, 0.2) is 22.6 Å². The summed E-state index contributed by atoms with van der Waals surface area (Å²) in [6.07, 6.45) is 0. The molecule has 3 heteroatoms. The van der Waals surface area contributed by atoms with Gasteiger partial charge in [-0.1, -0.05) is 13.8 Å². The third kappa shape index (κ3) is 1.44. The van der Waals surface area contributed by atoms with Gasteiger partial charge in [0.25, 0.3) is 0 Å². The molecule has 1 aliphatic rings. The van der Waals surface area contributed by atoms with E-state index in [4.69, 9.17) is 5.73 Å². The van der Waals surface area contributed by atoms with Gasteiger partial charge in [0.2, 0.25) is 0 Å². The SMILES string of the molecule is Cc1csc(C2(C)SC=C(N)C2(C)C)c1. The number of aryl methyl sites for hydroxylation is 1. The Hall–Kier alpha value is -0.410. The highest BCUT2D eigenvalue weighted by atomic mass is 32.2. The van der Waals surface area contributed by atoms with E-state index in [1.165, 1.54) is 10.4 Å². The number of thiophene rings is 1. The zero-order valence-corrected chi connectivity index (χ0v) is 11.3. The predicted molar refractivity (Wildman–Crippen MR) is 70.1 cm³/mol. The lowest BCUT2D eigenvalue weighted by Gasteiger charge is -2.37. The number of thioether (sulfide) groups is 1. The molecule has 0 amide bonds. The Labute approximate surface area is 99.8 Å². The van der Waals surface area contributed by atoms with Crippen LogP contribution in [0.2, 0.25) is 0 Å². The van der Waals surface area contributed by atoms with Crippen LogP contribution in [0.1, 0.15) is 31.2 Å². The van der Waals surface area contributed by atoms with Gasteiger partial charge in [0.1, 0.15) is 0 Å².